The second kappa shape index (κ2) is 13.1. The van der Waals surface area contributed by atoms with Crippen molar-refractivity contribution in [3.63, 3.8) is 0 Å². The average molecular weight is 539 g/mol. The van der Waals surface area contributed by atoms with E-state index in [0.717, 1.165) is 28.4 Å². The molecule has 1 fully saturated rings. The van der Waals surface area contributed by atoms with E-state index < -0.39 is 41.2 Å². The van der Waals surface area contributed by atoms with Crippen molar-refractivity contribution in [1.29, 1.82) is 0 Å². The number of aliphatic hydroxyl groups is 3. The molecule has 3 N–H and O–H groups in total. The molecule has 0 saturated carbocycles. The molecule has 1 aliphatic heterocycles. The fourth-order valence-electron chi connectivity index (χ4n) is 3.84. The standard InChI is InChI=1S/C25H34N2O9S/c1-5-15-8-10-16(11-9-15)12-17-14(4)27(24(31)33-6-2)26-22(17)36-23-21(30)20(29)19(28)18(37-23)13-35-25(32)34-7-3/h8-11,18-21,23,28-30H,5-7,12-13H2,1-4H3/t18-,19-,20+,21-,23-/m1/s1. The molecule has 0 radical (unpaired) electrons. The Morgan fingerprint density at radius 1 is 0.946 bits per heavy atom. The Kier molecular flexibility index (Phi) is 10.2. The van der Waals surface area contributed by atoms with Crippen molar-refractivity contribution in [3.05, 3.63) is 46.6 Å². The Labute approximate surface area is 219 Å². The molecule has 204 valence electrons. The summed E-state index contributed by atoms with van der Waals surface area (Å²) in [7, 11) is 0. The van der Waals surface area contributed by atoms with Crippen LogP contribution in [-0.4, -0.2) is 86.2 Å². The van der Waals surface area contributed by atoms with Gasteiger partial charge in [-0.25, -0.2) is 9.59 Å². The Hall–Kier alpha value is -2.80. The van der Waals surface area contributed by atoms with Crippen LogP contribution in [0.2, 0.25) is 0 Å². The van der Waals surface area contributed by atoms with Gasteiger partial charge >= 0.3 is 12.2 Å². The van der Waals surface area contributed by atoms with Crippen LogP contribution in [0.25, 0.3) is 0 Å². The predicted octanol–water partition coefficient (Wildman–Crippen LogP) is 2.43. The van der Waals surface area contributed by atoms with Crippen molar-refractivity contribution >= 4 is 24.0 Å². The van der Waals surface area contributed by atoms with Gasteiger partial charge in [-0.1, -0.05) is 31.2 Å². The highest BCUT2D eigenvalue weighted by Crippen LogP contribution is 2.36. The number of hydrogen-bond acceptors (Lipinski definition) is 11. The van der Waals surface area contributed by atoms with Gasteiger partial charge in [0.15, 0.2) is 5.44 Å². The third-order valence-electron chi connectivity index (χ3n) is 5.98. The van der Waals surface area contributed by atoms with Crippen molar-refractivity contribution in [2.24, 2.45) is 0 Å². The van der Waals surface area contributed by atoms with Gasteiger partial charge in [0, 0.05) is 12.0 Å². The van der Waals surface area contributed by atoms with Crippen molar-refractivity contribution in [2.45, 2.75) is 69.5 Å². The molecular weight excluding hydrogens is 504 g/mol. The number of benzene rings is 1. The Morgan fingerprint density at radius 2 is 1.59 bits per heavy atom. The lowest BCUT2D eigenvalue weighted by molar-refractivity contribution is -0.0928. The number of aliphatic hydroxyl groups excluding tert-OH is 3. The highest BCUT2D eigenvalue weighted by atomic mass is 32.2. The van der Waals surface area contributed by atoms with E-state index in [1.165, 1.54) is 5.56 Å². The van der Waals surface area contributed by atoms with E-state index in [1.54, 1.807) is 20.8 Å². The molecule has 12 heteroatoms. The normalized spacial score (nSPS) is 23.4. The molecule has 0 bridgehead atoms. The molecule has 2 aromatic rings. The molecule has 5 atom stereocenters. The van der Waals surface area contributed by atoms with E-state index >= 15 is 0 Å². The molecule has 0 aliphatic carbocycles. The van der Waals surface area contributed by atoms with E-state index in [-0.39, 0.29) is 25.7 Å². The van der Waals surface area contributed by atoms with Crippen LogP contribution >= 0.6 is 11.8 Å². The third kappa shape index (κ3) is 6.95. The second-order valence-electron chi connectivity index (χ2n) is 8.45. The minimum absolute atomic E-state index is 0.0790. The van der Waals surface area contributed by atoms with E-state index in [0.29, 0.717) is 17.7 Å². The third-order valence-corrected chi connectivity index (χ3v) is 7.39. The highest BCUT2D eigenvalue weighted by molar-refractivity contribution is 8.00. The van der Waals surface area contributed by atoms with Crippen LogP contribution in [0.5, 0.6) is 5.88 Å². The first kappa shape index (κ1) is 28.8. The number of rotatable bonds is 9. The minimum atomic E-state index is -1.57. The molecular formula is C25H34N2O9S. The van der Waals surface area contributed by atoms with Gasteiger partial charge in [0.05, 0.1) is 30.3 Å². The number of thioether (sulfide) groups is 1. The summed E-state index contributed by atoms with van der Waals surface area (Å²) in [6.45, 7) is 7.10. The van der Waals surface area contributed by atoms with Crippen LogP contribution in [0.4, 0.5) is 9.59 Å². The fraction of sp³-hybridized carbons (Fsp3) is 0.560. The van der Waals surface area contributed by atoms with Gasteiger partial charge in [-0.2, -0.15) is 4.68 Å². The van der Waals surface area contributed by atoms with Gasteiger partial charge in [-0.3, -0.25) is 0 Å². The van der Waals surface area contributed by atoms with Gasteiger partial charge in [0.25, 0.3) is 0 Å². The van der Waals surface area contributed by atoms with Crippen LogP contribution in [-0.2, 0) is 27.1 Å². The molecule has 0 unspecified atom stereocenters. The van der Waals surface area contributed by atoms with Crippen LogP contribution < -0.4 is 4.74 Å². The van der Waals surface area contributed by atoms with Crippen molar-refractivity contribution < 1.29 is 43.9 Å². The van der Waals surface area contributed by atoms with Gasteiger partial charge in [-0.05, 0) is 38.3 Å². The highest BCUT2D eigenvalue weighted by Gasteiger charge is 2.45. The van der Waals surface area contributed by atoms with Gasteiger partial charge in [0.2, 0.25) is 5.88 Å². The van der Waals surface area contributed by atoms with E-state index in [2.05, 4.69) is 12.0 Å². The molecule has 1 aromatic heterocycles. The van der Waals surface area contributed by atoms with E-state index in [4.69, 9.17) is 18.9 Å². The molecule has 3 rings (SSSR count). The molecule has 11 nitrogen and oxygen atoms in total. The topological polar surface area (TPSA) is 150 Å². The first-order chi connectivity index (χ1) is 17.7. The van der Waals surface area contributed by atoms with Crippen LogP contribution in [0, 0.1) is 6.92 Å². The van der Waals surface area contributed by atoms with Crippen LogP contribution in [0.1, 0.15) is 43.2 Å². The number of carbonyl (C=O) groups excluding carboxylic acids is 2. The number of ether oxygens (including phenoxy) is 4. The quantitative estimate of drug-likeness (QED) is 0.404. The van der Waals surface area contributed by atoms with Crippen molar-refractivity contribution in [3.8, 4) is 5.88 Å². The smallest absolute Gasteiger partial charge is 0.459 e. The maximum absolute atomic E-state index is 12.5. The minimum Gasteiger partial charge on any atom is -0.459 e. The largest absolute Gasteiger partial charge is 0.508 e. The second-order valence-corrected chi connectivity index (χ2v) is 9.80. The number of nitrogens with zero attached hydrogens (tertiary/aromatic N) is 2. The summed E-state index contributed by atoms with van der Waals surface area (Å²) in [6, 6.07) is 8.01. The number of carbonyl (C=O) groups is 2. The Bertz CT molecular complexity index is 1060. The fourth-order valence-corrected chi connectivity index (χ4v) is 5.12. The zero-order valence-electron chi connectivity index (χ0n) is 21.3. The average Bonchev–Trinajstić information content (AvgIpc) is 3.19. The SMILES string of the molecule is CCOC(=O)OC[C@H]1S[C@@H](Oc2nn(C(=O)OCC)c(C)c2Cc2ccc(CC)cc2)[C@H](O)[C@@H](O)[C@@H]1O. The molecule has 37 heavy (non-hydrogen) atoms. The van der Waals surface area contributed by atoms with Gasteiger partial charge < -0.3 is 34.3 Å². The Balaban J connectivity index is 1.87. The molecule has 0 amide bonds. The van der Waals surface area contributed by atoms with Crippen LogP contribution in [0.15, 0.2) is 24.3 Å². The van der Waals surface area contributed by atoms with Gasteiger partial charge in [-0.15, -0.1) is 16.9 Å². The van der Waals surface area contributed by atoms with E-state index in [9.17, 15) is 24.9 Å². The van der Waals surface area contributed by atoms with Crippen LogP contribution in [0.3, 0.4) is 0 Å². The zero-order chi connectivity index (χ0) is 27.1. The van der Waals surface area contributed by atoms with Crippen molar-refractivity contribution in [2.75, 3.05) is 19.8 Å². The molecule has 0 spiro atoms. The molecule has 1 aliphatic rings. The summed E-state index contributed by atoms with van der Waals surface area (Å²) in [6.07, 6.45) is -4.73. The Morgan fingerprint density at radius 3 is 2.22 bits per heavy atom. The summed E-state index contributed by atoms with van der Waals surface area (Å²) in [5.41, 5.74) is 2.17. The van der Waals surface area contributed by atoms with Gasteiger partial charge in [0.1, 0.15) is 18.8 Å². The zero-order valence-corrected chi connectivity index (χ0v) is 22.1. The summed E-state index contributed by atoms with van der Waals surface area (Å²) in [5, 5.41) is 35.0. The summed E-state index contributed by atoms with van der Waals surface area (Å²) < 4.78 is 22.0. The maximum Gasteiger partial charge on any atom is 0.508 e. The first-order valence-corrected chi connectivity index (χ1v) is 13.1. The lowest BCUT2D eigenvalue weighted by Gasteiger charge is -2.39. The lowest BCUT2D eigenvalue weighted by atomic mass is 10.0. The summed E-state index contributed by atoms with van der Waals surface area (Å²) >= 11 is 0.980. The number of hydrogen-bond donors (Lipinski definition) is 3. The summed E-state index contributed by atoms with van der Waals surface area (Å²) in [5.74, 6) is 0.0790. The first-order valence-electron chi connectivity index (χ1n) is 12.2. The number of aryl methyl sites for hydroxylation is 1. The molecule has 1 saturated heterocycles. The predicted molar refractivity (Wildman–Crippen MR) is 135 cm³/mol. The van der Waals surface area contributed by atoms with Crippen molar-refractivity contribution in [1.82, 2.24) is 9.78 Å². The monoisotopic (exact) mass is 538 g/mol. The lowest BCUT2D eigenvalue weighted by Crippen LogP contribution is -2.55. The summed E-state index contributed by atoms with van der Waals surface area (Å²) in [4.78, 5) is 24.1. The van der Waals surface area contributed by atoms with E-state index in [1.807, 2.05) is 24.3 Å². The molecule has 2 heterocycles. The number of aromatic nitrogens is 2. The molecule has 1 aromatic carbocycles. The maximum atomic E-state index is 12.5.